The predicted octanol–water partition coefficient (Wildman–Crippen LogP) is 5.91. The summed E-state index contributed by atoms with van der Waals surface area (Å²) in [5.74, 6) is 0.836. The van der Waals surface area contributed by atoms with Crippen LogP contribution in [0.4, 0.5) is 0 Å². The van der Waals surface area contributed by atoms with Gasteiger partial charge >= 0.3 is 0 Å². The fraction of sp³-hybridized carbons (Fsp3) is 0.368. The highest BCUT2D eigenvalue weighted by Gasteiger charge is 2.39. The van der Waals surface area contributed by atoms with E-state index in [-0.39, 0.29) is 5.04 Å². The Morgan fingerprint density at radius 2 is 1.57 bits per heavy atom. The topological polar surface area (TPSA) is 29.5 Å². The number of aliphatic hydroxyl groups excluding tert-OH is 1. The van der Waals surface area contributed by atoms with E-state index in [9.17, 15) is 5.11 Å². The van der Waals surface area contributed by atoms with Crippen molar-refractivity contribution in [3.05, 3.63) is 64.1 Å². The van der Waals surface area contributed by atoms with Crippen LogP contribution >= 0.6 is 15.9 Å². The standard InChI is InChI=1S/C19H25BrO2Si/c1-19(2,3)23(4,5)22-17-11-7-9-15(13-17)18(21)14-8-6-10-16(20)12-14/h6-13,18,21H,1-5H3/t18-/m1/s1. The van der Waals surface area contributed by atoms with Gasteiger partial charge in [-0.05, 0) is 53.5 Å². The van der Waals surface area contributed by atoms with Crippen LogP contribution in [0, 0.1) is 0 Å². The van der Waals surface area contributed by atoms with Gasteiger partial charge in [-0.15, -0.1) is 0 Å². The Morgan fingerprint density at radius 3 is 2.13 bits per heavy atom. The van der Waals surface area contributed by atoms with Gasteiger partial charge in [-0.1, -0.05) is 61.0 Å². The van der Waals surface area contributed by atoms with Gasteiger partial charge in [-0.2, -0.15) is 0 Å². The van der Waals surface area contributed by atoms with Crippen molar-refractivity contribution in [1.29, 1.82) is 0 Å². The van der Waals surface area contributed by atoms with Gasteiger partial charge in [0.05, 0.1) is 0 Å². The van der Waals surface area contributed by atoms with Gasteiger partial charge in [0, 0.05) is 4.47 Å². The molecule has 124 valence electrons. The van der Waals surface area contributed by atoms with E-state index in [0.717, 1.165) is 21.3 Å². The maximum Gasteiger partial charge on any atom is 0.250 e. The third kappa shape index (κ3) is 4.46. The van der Waals surface area contributed by atoms with E-state index in [1.54, 1.807) is 0 Å². The normalized spacial score (nSPS) is 13.7. The van der Waals surface area contributed by atoms with Crippen molar-refractivity contribution in [3.8, 4) is 5.75 Å². The molecule has 2 rings (SSSR count). The summed E-state index contributed by atoms with van der Waals surface area (Å²) in [5, 5.41) is 10.8. The van der Waals surface area contributed by atoms with Gasteiger partial charge in [-0.3, -0.25) is 0 Å². The zero-order valence-corrected chi connectivity index (χ0v) is 17.0. The average Bonchev–Trinajstić information content (AvgIpc) is 2.45. The molecule has 2 nitrogen and oxygen atoms in total. The van der Waals surface area contributed by atoms with Crippen LogP contribution in [0.15, 0.2) is 53.0 Å². The van der Waals surface area contributed by atoms with Crippen molar-refractivity contribution >= 4 is 24.2 Å². The lowest BCUT2D eigenvalue weighted by atomic mass is 10.0. The minimum atomic E-state index is -1.88. The summed E-state index contributed by atoms with van der Waals surface area (Å²) in [5.41, 5.74) is 1.71. The van der Waals surface area contributed by atoms with Crippen molar-refractivity contribution in [2.45, 2.75) is 45.0 Å². The number of hydrogen-bond acceptors (Lipinski definition) is 2. The van der Waals surface area contributed by atoms with Crippen LogP contribution in [0.3, 0.4) is 0 Å². The van der Waals surface area contributed by atoms with Crippen LogP contribution in [-0.4, -0.2) is 13.4 Å². The minimum Gasteiger partial charge on any atom is -0.543 e. The highest BCUT2D eigenvalue weighted by Crippen LogP contribution is 2.38. The largest absolute Gasteiger partial charge is 0.543 e. The second-order valence-corrected chi connectivity index (χ2v) is 13.0. The van der Waals surface area contributed by atoms with E-state index >= 15 is 0 Å². The molecule has 0 aliphatic heterocycles. The van der Waals surface area contributed by atoms with E-state index in [2.05, 4.69) is 49.8 Å². The minimum absolute atomic E-state index is 0.145. The smallest absolute Gasteiger partial charge is 0.250 e. The molecule has 23 heavy (non-hydrogen) atoms. The molecule has 1 N–H and O–H groups in total. The number of aliphatic hydroxyl groups is 1. The highest BCUT2D eigenvalue weighted by atomic mass is 79.9. The third-order valence-electron chi connectivity index (χ3n) is 4.52. The molecule has 0 bridgehead atoms. The molecule has 0 radical (unpaired) electrons. The molecule has 0 saturated carbocycles. The summed E-state index contributed by atoms with van der Waals surface area (Å²) in [4.78, 5) is 0. The monoisotopic (exact) mass is 392 g/mol. The Labute approximate surface area is 148 Å². The summed E-state index contributed by atoms with van der Waals surface area (Å²) < 4.78 is 7.30. The molecular formula is C19H25BrO2Si. The van der Waals surface area contributed by atoms with E-state index in [1.165, 1.54) is 0 Å². The van der Waals surface area contributed by atoms with Gasteiger partial charge in [-0.25, -0.2) is 0 Å². The Balaban J connectivity index is 2.26. The highest BCUT2D eigenvalue weighted by molar-refractivity contribution is 9.10. The molecule has 0 heterocycles. The molecule has 0 aliphatic carbocycles. The lowest BCUT2D eigenvalue weighted by Crippen LogP contribution is -2.43. The van der Waals surface area contributed by atoms with E-state index in [4.69, 9.17) is 4.43 Å². The number of benzene rings is 2. The molecule has 0 aliphatic rings. The van der Waals surface area contributed by atoms with Gasteiger partial charge in [0.15, 0.2) is 0 Å². The first-order valence-electron chi connectivity index (χ1n) is 7.83. The summed E-state index contributed by atoms with van der Waals surface area (Å²) in [6.45, 7) is 11.1. The Bertz CT molecular complexity index is 677. The predicted molar refractivity (Wildman–Crippen MR) is 102 cm³/mol. The molecule has 0 aromatic heterocycles. The molecule has 0 saturated heterocycles. The molecular weight excluding hydrogens is 368 g/mol. The maximum atomic E-state index is 10.6. The Hall–Kier alpha value is -1.10. The summed E-state index contributed by atoms with van der Waals surface area (Å²) in [7, 11) is -1.88. The first kappa shape index (κ1) is 18.2. The SMILES string of the molecule is CC(C)(C)[Si](C)(C)Oc1cccc([C@H](O)c2cccc(Br)c2)c1. The van der Waals surface area contributed by atoms with Crippen molar-refractivity contribution in [2.75, 3.05) is 0 Å². The average molecular weight is 393 g/mol. The first-order valence-corrected chi connectivity index (χ1v) is 11.5. The van der Waals surface area contributed by atoms with Crippen LogP contribution in [-0.2, 0) is 0 Å². The summed E-state index contributed by atoms with van der Waals surface area (Å²) >= 11 is 3.45. The second kappa shape index (κ2) is 6.79. The zero-order chi connectivity index (χ0) is 17.3. The van der Waals surface area contributed by atoms with Crippen molar-refractivity contribution < 1.29 is 9.53 Å². The lowest BCUT2D eigenvalue weighted by Gasteiger charge is -2.36. The van der Waals surface area contributed by atoms with E-state index in [0.29, 0.717) is 0 Å². The van der Waals surface area contributed by atoms with Crippen LogP contribution in [0.5, 0.6) is 5.75 Å². The van der Waals surface area contributed by atoms with Gasteiger partial charge in [0.2, 0.25) is 8.32 Å². The molecule has 0 fully saturated rings. The Morgan fingerprint density at radius 1 is 1.00 bits per heavy atom. The third-order valence-corrected chi connectivity index (χ3v) is 9.37. The van der Waals surface area contributed by atoms with Gasteiger partial charge < -0.3 is 9.53 Å². The molecule has 0 spiro atoms. The molecule has 2 aromatic rings. The Kier molecular flexibility index (Phi) is 5.39. The zero-order valence-electron chi connectivity index (χ0n) is 14.4. The van der Waals surface area contributed by atoms with Gasteiger partial charge in [0.1, 0.15) is 11.9 Å². The molecule has 2 aromatic carbocycles. The molecule has 0 amide bonds. The van der Waals surface area contributed by atoms with Crippen LogP contribution in [0.25, 0.3) is 0 Å². The number of rotatable bonds is 4. The summed E-state index contributed by atoms with van der Waals surface area (Å²) in [6.07, 6.45) is -0.657. The molecule has 1 atom stereocenters. The van der Waals surface area contributed by atoms with Crippen LogP contribution in [0.1, 0.15) is 38.0 Å². The van der Waals surface area contributed by atoms with Crippen LogP contribution in [0.2, 0.25) is 18.1 Å². The molecule has 0 unspecified atom stereocenters. The second-order valence-electron chi connectivity index (χ2n) is 7.39. The summed E-state index contributed by atoms with van der Waals surface area (Å²) in [6, 6.07) is 15.5. The van der Waals surface area contributed by atoms with E-state index in [1.807, 2.05) is 48.5 Å². The van der Waals surface area contributed by atoms with Crippen molar-refractivity contribution in [3.63, 3.8) is 0 Å². The van der Waals surface area contributed by atoms with Crippen molar-refractivity contribution in [1.82, 2.24) is 0 Å². The fourth-order valence-corrected chi connectivity index (χ4v) is 3.50. The maximum absolute atomic E-state index is 10.6. The quantitative estimate of drug-likeness (QED) is 0.654. The molecule has 4 heteroatoms. The van der Waals surface area contributed by atoms with Gasteiger partial charge in [0.25, 0.3) is 0 Å². The number of halogens is 1. The van der Waals surface area contributed by atoms with Crippen LogP contribution < -0.4 is 4.43 Å². The first-order chi connectivity index (χ1) is 10.6. The van der Waals surface area contributed by atoms with E-state index < -0.39 is 14.4 Å². The number of hydrogen-bond donors (Lipinski definition) is 1. The lowest BCUT2D eigenvalue weighted by molar-refractivity contribution is 0.220. The fourth-order valence-electron chi connectivity index (χ4n) is 2.06. The van der Waals surface area contributed by atoms with Crippen molar-refractivity contribution in [2.24, 2.45) is 0 Å².